The minimum atomic E-state index is -3.31. The highest BCUT2D eigenvalue weighted by Gasteiger charge is 2.39. The molecule has 1 aliphatic carbocycles. The van der Waals surface area contributed by atoms with Gasteiger partial charge in [-0.25, -0.2) is 17.2 Å². The first kappa shape index (κ1) is 31.7. The van der Waals surface area contributed by atoms with Gasteiger partial charge in [0.1, 0.15) is 0 Å². The minimum Gasteiger partial charge on any atom is -0.364 e. The number of hydrogen-bond acceptors (Lipinski definition) is 6. The van der Waals surface area contributed by atoms with Crippen molar-refractivity contribution in [1.29, 1.82) is 0 Å². The van der Waals surface area contributed by atoms with Gasteiger partial charge in [0.2, 0.25) is 11.8 Å². The first-order valence-electron chi connectivity index (χ1n) is 13.9. The number of hydrogen-bond donors (Lipinski definition) is 2. The third-order valence-electron chi connectivity index (χ3n) is 7.84. The molecular weight excluding hydrogens is 578 g/mol. The van der Waals surface area contributed by atoms with Crippen molar-refractivity contribution >= 4 is 27.3 Å². The van der Waals surface area contributed by atoms with Gasteiger partial charge >= 0.3 is 6.61 Å². The van der Waals surface area contributed by atoms with Gasteiger partial charge in [-0.2, -0.15) is 8.78 Å². The summed E-state index contributed by atoms with van der Waals surface area (Å²) in [6.07, 6.45) is -0.127. The monoisotopic (exact) mass is 613 g/mol. The minimum absolute atomic E-state index is 0.00396. The largest absolute Gasteiger partial charge is 0.364 e. The maximum atomic E-state index is 13.5. The average Bonchev–Trinajstić information content (AvgIpc) is 3.37. The van der Waals surface area contributed by atoms with E-state index in [0.717, 1.165) is 5.56 Å². The third kappa shape index (κ3) is 8.21. The molecule has 2 aliphatic rings. The second-order valence-corrected chi connectivity index (χ2v) is 13.0. The van der Waals surface area contributed by atoms with E-state index in [1.54, 1.807) is 43.3 Å². The van der Waals surface area contributed by atoms with Crippen LogP contribution in [0.3, 0.4) is 0 Å². The average molecular weight is 614 g/mol. The Balaban J connectivity index is 1.36. The number of benzene rings is 2. The number of halogens is 4. The molecule has 2 atom stereocenters. The van der Waals surface area contributed by atoms with Crippen LogP contribution in [-0.2, 0) is 25.9 Å². The van der Waals surface area contributed by atoms with Gasteiger partial charge < -0.3 is 20.3 Å². The Morgan fingerprint density at radius 3 is 2.29 bits per heavy atom. The number of carbonyl (C=O) groups is 2. The molecule has 2 aromatic carbocycles. The van der Waals surface area contributed by atoms with Gasteiger partial charge in [-0.05, 0) is 61.2 Å². The molecule has 2 amide bonds. The summed E-state index contributed by atoms with van der Waals surface area (Å²) in [7, 11) is -3.31. The molecular formula is C29H35F4N3O5S. The predicted molar refractivity (Wildman–Crippen MR) is 148 cm³/mol. The molecule has 0 aromatic heterocycles. The van der Waals surface area contributed by atoms with E-state index in [1.807, 2.05) is 4.90 Å². The van der Waals surface area contributed by atoms with Crippen molar-refractivity contribution in [3.05, 3.63) is 59.7 Å². The summed E-state index contributed by atoms with van der Waals surface area (Å²) in [4.78, 5) is 27.5. The Morgan fingerprint density at radius 2 is 1.69 bits per heavy atom. The molecule has 2 fully saturated rings. The Labute approximate surface area is 242 Å². The Kier molecular flexibility index (Phi) is 10.1. The molecule has 1 saturated heterocycles. The molecule has 2 aromatic rings. The fourth-order valence-electron chi connectivity index (χ4n) is 5.37. The van der Waals surface area contributed by atoms with Gasteiger partial charge in [0.15, 0.2) is 9.84 Å². The molecule has 13 heteroatoms. The topological polar surface area (TPSA) is 105 Å². The fraction of sp³-hybridized carbons (Fsp3) is 0.517. The highest BCUT2D eigenvalue weighted by molar-refractivity contribution is 7.91. The van der Waals surface area contributed by atoms with E-state index in [2.05, 4.69) is 15.4 Å². The van der Waals surface area contributed by atoms with Crippen LogP contribution in [0.15, 0.2) is 53.4 Å². The number of carbonyl (C=O) groups excluding carboxylic acids is 2. The van der Waals surface area contributed by atoms with Crippen LogP contribution in [0.1, 0.15) is 54.9 Å². The van der Waals surface area contributed by atoms with Crippen LogP contribution in [0, 0.1) is 5.92 Å². The fourth-order valence-corrected chi connectivity index (χ4v) is 6.25. The molecule has 42 heavy (non-hydrogen) atoms. The second-order valence-electron chi connectivity index (χ2n) is 10.7. The van der Waals surface area contributed by atoms with E-state index in [-0.39, 0.29) is 67.3 Å². The molecule has 0 radical (unpaired) electrons. The van der Waals surface area contributed by atoms with Crippen molar-refractivity contribution in [3.8, 4) is 0 Å². The summed E-state index contributed by atoms with van der Waals surface area (Å²) in [5.41, 5.74) is 1.74. The van der Waals surface area contributed by atoms with Crippen molar-refractivity contribution in [2.45, 2.75) is 75.1 Å². The summed E-state index contributed by atoms with van der Waals surface area (Å²) < 4.78 is 81.1. The van der Waals surface area contributed by atoms with Crippen molar-refractivity contribution in [3.63, 3.8) is 0 Å². The van der Waals surface area contributed by atoms with Gasteiger partial charge in [-0.15, -0.1) is 0 Å². The highest BCUT2D eigenvalue weighted by Crippen LogP contribution is 2.36. The molecule has 0 bridgehead atoms. The van der Waals surface area contributed by atoms with Gasteiger partial charge in [0.05, 0.1) is 23.3 Å². The summed E-state index contributed by atoms with van der Waals surface area (Å²) in [6, 6.07) is 12.0. The van der Waals surface area contributed by atoms with Crippen LogP contribution >= 0.6 is 0 Å². The van der Waals surface area contributed by atoms with E-state index in [0.29, 0.717) is 24.2 Å². The quantitative estimate of drug-likeness (QED) is 0.361. The first-order valence-corrected chi connectivity index (χ1v) is 15.6. The van der Waals surface area contributed by atoms with Gasteiger partial charge in [0, 0.05) is 49.1 Å². The molecule has 4 rings (SSSR count). The SMILES string of the molecule is CCS(=O)(=O)c1ccc(CNC(=O)c2ccc(N3C[C@H](NC(=O)C4CCC(F)(F)CC4)C[C@H]3COC(F)F)cc2)cc1. The lowest BCUT2D eigenvalue weighted by molar-refractivity contribution is -0.132. The molecule has 1 heterocycles. The standard InChI is InChI=1S/C29H35F4N3O5S/c1-2-42(39,40)25-9-3-19(4-10-25)16-34-26(37)20-5-7-23(8-6-20)36-17-22(15-24(36)18-41-28(30)31)35-27(38)21-11-13-29(32,33)14-12-21/h3-10,21-22,24,28H,2,11-18H2,1H3,(H,34,37)(H,35,38)/t22-,24+/m1/s1. The number of ether oxygens (including phenoxy) is 1. The summed E-state index contributed by atoms with van der Waals surface area (Å²) >= 11 is 0. The number of nitrogens with zero attached hydrogens (tertiary/aromatic N) is 1. The molecule has 2 N–H and O–H groups in total. The van der Waals surface area contributed by atoms with E-state index in [9.17, 15) is 35.6 Å². The van der Waals surface area contributed by atoms with Crippen molar-refractivity contribution in [2.24, 2.45) is 5.92 Å². The lowest BCUT2D eigenvalue weighted by atomic mass is 9.86. The first-order chi connectivity index (χ1) is 19.9. The zero-order valence-electron chi connectivity index (χ0n) is 23.2. The summed E-state index contributed by atoms with van der Waals surface area (Å²) in [5.74, 6) is -3.91. The van der Waals surface area contributed by atoms with E-state index >= 15 is 0 Å². The summed E-state index contributed by atoms with van der Waals surface area (Å²) in [5, 5.41) is 5.69. The van der Waals surface area contributed by atoms with Gasteiger partial charge in [0.25, 0.3) is 5.91 Å². The van der Waals surface area contributed by atoms with E-state index in [4.69, 9.17) is 0 Å². The van der Waals surface area contributed by atoms with E-state index in [1.165, 1.54) is 12.1 Å². The third-order valence-corrected chi connectivity index (χ3v) is 9.59. The maximum absolute atomic E-state index is 13.5. The normalized spacial score (nSPS) is 21.0. The second kappa shape index (κ2) is 13.4. The van der Waals surface area contributed by atoms with Crippen molar-refractivity contribution < 1.29 is 40.3 Å². The number of amides is 2. The Bertz CT molecular complexity index is 1330. The molecule has 1 aliphatic heterocycles. The number of rotatable bonds is 11. The number of nitrogens with one attached hydrogen (secondary N) is 2. The molecule has 0 spiro atoms. The zero-order valence-corrected chi connectivity index (χ0v) is 24.0. The highest BCUT2D eigenvalue weighted by atomic mass is 32.2. The van der Waals surface area contributed by atoms with Crippen molar-refractivity contribution in [2.75, 3.05) is 23.8 Å². The van der Waals surface area contributed by atoms with Gasteiger partial charge in [-0.1, -0.05) is 19.1 Å². The van der Waals surface area contributed by atoms with Crippen LogP contribution in [0.2, 0.25) is 0 Å². The number of alkyl halides is 4. The Hall–Kier alpha value is -3.19. The van der Waals surface area contributed by atoms with Gasteiger partial charge in [-0.3, -0.25) is 9.59 Å². The van der Waals surface area contributed by atoms with Crippen LogP contribution in [-0.4, -0.2) is 63.8 Å². The lowest BCUT2D eigenvalue weighted by Gasteiger charge is -2.28. The number of anilines is 1. The van der Waals surface area contributed by atoms with Crippen LogP contribution < -0.4 is 15.5 Å². The predicted octanol–water partition coefficient (Wildman–Crippen LogP) is 4.54. The van der Waals surface area contributed by atoms with Crippen LogP contribution in [0.25, 0.3) is 0 Å². The van der Waals surface area contributed by atoms with Crippen LogP contribution in [0.5, 0.6) is 0 Å². The molecule has 230 valence electrons. The maximum Gasteiger partial charge on any atom is 0.345 e. The number of sulfone groups is 1. The van der Waals surface area contributed by atoms with Crippen molar-refractivity contribution in [1.82, 2.24) is 10.6 Å². The molecule has 1 saturated carbocycles. The lowest BCUT2D eigenvalue weighted by Crippen LogP contribution is -2.42. The Morgan fingerprint density at radius 1 is 1.05 bits per heavy atom. The zero-order chi connectivity index (χ0) is 30.5. The summed E-state index contributed by atoms with van der Waals surface area (Å²) in [6.45, 7) is -1.17. The van der Waals surface area contributed by atoms with Crippen LogP contribution in [0.4, 0.5) is 23.2 Å². The molecule has 0 unspecified atom stereocenters. The van der Waals surface area contributed by atoms with E-state index < -0.39 is 34.3 Å². The molecule has 8 nitrogen and oxygen atoms in total. The smallest absolute Gasteiger partial charge is 0.345 e.